The molecule has 0 amide bonds. The van der Waals surface area contributed by atoms with Crippen LogP contribution in [0.3, 0.4) is 0 Å². The van der Waals surface area contributed by atoms with Crippen molar-refractivity contribution in [2.75, 3.05) is 48.5 Å². The fourth-order valence-electron chi connectivity index (χ4n) is 0.462. The predicted molar refractivity (Wildman–Crippen MR) is 58.0 cm³/mol. The Morgan fingerprint density at radius 2 is 1.65 bits per heavy atom. The minimum atomic E-state index is -4.41. The Kier molecular flexibility index (Phi) is 8.94. The van der Waals surface area contributed by atoms with Crippen molar-refractivity contribution in [2.24, 2.45) is 0 Å². The first-order valence-electron chi connectivity index (χ1n) is 4.54. The van der Waals surface area contributed by atoms with Gasteiger partial charge in [0.2, 0.25) is 10.4 Å². The number of ether oxygens (including phenoxy) is 2. The van der Waals surface area contributed by atoms with Crippen LogP contribution in [0.5, 0.6) is 0 Å². The van der Waals surface area contributed by atoms with E-state index in [1.165, 1.54) is 7.11 Å². The third kappa shape index (κ3) is 21.0. The molecule has 0 unspecified atom stereocenters. The second-order valence-corrected chi connectivity index (χ2v) is 5.04. The molecular weight excluding hydrogens is 254 g/mol. The molecule has 0 aliphatic rings. The number of hydrogen-bond acceptors (Lipinski definition) is 7. The molecule has 8 nitrogen and oxygen atoms in total. The van der Waals surface area contributed by atoms with Crippen molar-refractivity contribution in [1.29, 1.82) is 0 Å². The number of rotatable bonds is 4. The summed E-state index contributed by atoms with van der Waals surface area (Å²) in [6, 6.07) is 0. The van der Waals surface area contributed by atoms with Gasteiger partial charge in [-0.05, 0) is 0 Å². The van der Waals surface area contributed by atoms with Gasteiger partial charge in [0.05, 0.1) is 35.4 Å². The van der Waals surface area contributed by atoms with Crippen molar-refractivity contribution < 1.29 is 35.9 Å². The van der Waals surface area contributed by atoms with E-state index in [1.54, 1.807) is 0 Å². The van der Waals surface area contributed by atoms with Crippen LogP contribution in [0.25, 0.3) is 0 Å². The van der Waals surface area contributed by atoms with Gasteiger partial charge >= 0.3 is 6.16 Å². The number of methoxy groups -OCH3 is 1. The van der Waals surface area contributed by atoms with Crippen molar-refractivity contribution in [3.05, 3.63) is 0 Å². The highest BCUT2D eigenvalue weighted by molar-refractivity contribution is 7.80. The standard InChI is InChI=1S/C7H16NO3.CH4O4S/c1-8(2,3)5-6-11-7(9)10-4;1-5-6(2,3)4/h5-6H2,1-4H3;1H3,(H,2,3,4)/q+1;/p-1. The van der Waals surface area contributed by atoms with Crippen LogP contribution >= 0.6 is 0 Å². The Hall–Kier alpha value is -0.900. The Bertz CT molecular complexity index is 306. The van der Waals surface area contributed by atoms with Gasteiger partial charge in [0.1, 0.15) is 13.2 Å². The molecule has 0 aliphatic heterocycles. The molecule has 17 heavy (non-hydrogen) atoms. The van der Waals surface area contributed by atoms with Crippen molar-refractivity contribution >= 4 is 16.6 Å². The lowest BCUT2D eigenvalue weighted by Gasteiger charge is -2.22. The lowest BCUT2D eigenvalue weighted by atomic mass is 10.5. The van der Waals surface area contributed by atoms with Crippen molar-refractivity contribution in [1.82, 2.24) is 0 Å². The monoisotopic (exact) mass is 273 g/mol. The number of likely N-dealkylation sites (N-methyl/N-ethyl adjacent to an activating group) is 1. The molecule has 104 valence electrons. The maximum Gasteiger partial charge on any atom is 0.508 e. The van der Waals surface area contributed by atoms with E-state index in [0.717, 1.165) is 18.1 Å². The zero-order valence-corrected chi connectivity index (χ0v) is 11.4. The van der Waals surface area contributed by atoms with Gasteiger partial charge in [0.25, 0.3) is 0 Å². The maximum absolute atomic E-state index is 10.4. The fraction of sp³-hybridized carbons (Fsp3) is 0.875. The van der Waals surface area contributed by atoms with Crippen LogP contribution in [0.15, 0.2) is 0 Å². The van der Waals surface area contributed by atoms with Crippen LogP contribution in [-0.4, -0.2) is 72.1 Å². The van der Waals surface area contributed by atoms with Gasteiger partial charge in [-0.1, -0.05) is 0 Å². The lowest BCUT2D eigenvalue weighted by molar-refractivity contribution is -0.870. The molecule has 0 rings (SSSR count). The first kappa shape index (κ1) is 18.5. The van der Waals surface area contributed by atoms with Crippen LogP contribution in [0, 0.1) is 0 Å². The molecule has 0 fully saturated rings. The van der Waals surface area contributed by atoms with Gasteiger partial charge in [0, 0.05) is 0 Å². The summed E-state index contributed by atoms with van der Waals surface area (Å²) in [6.07, 6.45) is -0.613. The highest BCUT2D eigenvalue weighted by atomic mass is 32.3. The molecule has 0 saturated carbocycles. The normalized spacial score (nSPS) is 11.2. The summed E-state index contributed by atoms with van der Waals surface area (Å²) in [6.45, 7) is 1.19. The van der Waals surface area contributed by atoms with Crippen molar-refractivity contribution in [3.8, 4) is 0 Å². The van der Waals surface area contributed by atoms with E-state index in [9.17, 15) is 17.8 Å². The van der Waals surface area contributed by atoms with E-state index in [1.807, 2.05) is 21.1 Å². The molecule has 0 N–H and O–H groups in total. The van der Waals surface area contributed by atoms with Gasteiger partial charge in [-0.2, -0.15) is 0 Å². The summed E-state index contributed by atoms with van der Waals surface area (Å²) in [4.78, 5) is 10.4. The minimum absolute atomic E-state index is 0.399. The highest BCUT2D eigenvalue weighted by Crippen LogP contribution is 1.90. The van der Waals surface area contributed by atoms with Gasteiger partial charge in [-0.3, -0.25) is 4.18 Å². The first-order chi connectivity index (χ1) is 7.52. The Balaban J connectivity index is 0. The minimum Gasteiger partial charge on any atom is -0.726 e. The Labute approximate surface area is 102 Å². The third-order valence-electron chi connectivity index (χ3n) is 1.35. The molecule has 0 atom stereocenters. The van der Waals surface area contributed by atoms with Crippen LogP contribution < -0.4 is 0 Å². The molecule has 0 aromatic carbocycles. The van der Waals surface area contributed by atoms with Crippen LogP contribution in [0.2, 0.25) is 0 Å². The molecule has 9 heteroatoms. The summed E-state index contributed by atoms with van der Waals surface area (Å²) in [7, 11) is 3.78. The fourth-order valence-corrected chi connectivity index (χ4v) is 0.462. The maximum atomic E-state index is 10.4. The van der Waals surface area contributed by atoms with Crippen molar-refractivity contribution in [3.63, 3.8) is 0 Å². The molecule has 0 radical (unpaired) electrons. The Morgan fingerprint density at radius 1 is 1.24 bits per heavy atom. The number of quaternary nitrogens is 1. The van der Waals surface area contributed by atoms with Crippen LogP contribution in [0.4, 0.5) is 4.79 Å². The quantitative estimate of drug-likeness (QED) is 0.296. The highest BCUT2D eigenvalue weighted by Gasteiger charge is 2.08. The van der Waals surface area contributed by atoms with Crippen molar-refractivity contribution in [2.45, 2.75) is 0 Å². The summed E-state index contributed by atoms with van der Waals surface area (Å²) >= 11 is 0. The van der Waals surface area contributed by atoms with Crippen LogP contribution in [-0.2, 0) is 24.1 Å². The average Bonchev–Trinajstić information content (AvgIpc) is 2.15. The third-order valence-corrected chi connectivity index (χ3v) is 1.76. The summed E-state index contributed by atoms with van der Waals surface area (Å²) in [5, 5.41) is 0. The molecule has 0 heterocycles. The molecule has 0 aromatic heterocycles. The number of carbonyl (C=O) groups is 1. The Morgan fingerprint density at radius 3 is 1.88 bits per heavy atom. The molecular formula is C8H19NO7S. The van der Waals surface area contributed by atoms with E-state index in [-0.39, 0.29) is 0 Å². The van der Waals surface area contributed by atoms with Crippen LogP contribution in [0.1, 0.15) is 0 Å². The van der Waals surface area contributed by atoms with Gasteiger partial charge in [-0.15, -0.1) is 0 Å². The van der Waals surface area contributed by atoms with Gasteiger partial charge in [-0.25, -0.2) is 13.2 Å². The molecule has 0 saturated heterocycles. The van der Waals surface area contributed by atoms with E-state index < -0.39 is 16.6 Å². The smallest absolute Gasteiger partial charge is 0.508 e. The zero-order valence-electron chi connectivity index (χ0n) is 10.6. The average molecular weight is 273 g/mol. The van der Waals surface area contributed by atoms with E-state index in [4.69, 9.17) is 4.74 Å². The number of hydrogen-bond donors (Lipinski definition) is 0. The topological polar surface area (TPSA) is 102 Å². The van der Waals surface area contributed by atoms with E-state index >= 15 is 0 Å². The molecule has 0 bridgehead atoms. The van der Waals surface area contributed by atoms with Gasteiger partial charge in [0.15, 0.2) is 0 Å². The summed E-state index contributed by atoms with van der Waals surface area (Å²) in [5.74, 6) is 0. The number of carbonyl (C=O) groups excluding carboxylic acids is 1. The van der Waals surface area contributed by atoms with E-state index in [2.05, 4.69) is 8.92 Å². The second kappa shape index (κ2) is 8.23. The molecule has 0 spiro atoms. The molecule has 0 aromatic rings. The van der Waals surface area contributed by atoms with Gasteiger partial charge < -0.3 is 18.5 Å². The lowest BCUT2D eigenvalue weighted by Crippen LogP contribution is -2.37. The summed E-state index contributed by atoms with van der Waals surface area (Å²) < 4.78 is 40.8. The second-order valence-electron chi connectivity index (χ2n) is 3.89. The zero-order chi connectivity index (χ0) is 14.1. The summed E-state index contributed by atoms with van der Waals surface area (Å²) in [5.41, 5.74) is 0. The predicted octanol–water partition coefficient (Wildman–Crippen LogP) is -0.431. The SMILES string of the molecule is COC(=O)OCC[N+](C)(C)C.COS(=O)(=O)[O-]. The van der Waals surface area contributed by atoms with E-state index in [0.29, 0.717) is 6.61 Å². The first-order valence-corrected chi connectivity index (χ1v) is 5.88. The molecule has 0 aliphatic carbocycles. The number of nitrogens with zero attached hydrogens (tertiary/aromatic N) is 1. The largest absolute Gasteiger partial charge is 0.726 e.